The van der Waals surface area contributed by atoms with Gasteiger partial charge in [-0.15, -0.1) is 0 Å². The van der Waals surface area contributed by atoms with E-state index in [0.717, 1.165) is 37.8 Å². The van der Waals surface area contributed by atoms with E-state index >= 15 is 0 Å². The minimum absolute atomic E-state index is 0.115. The molecule has 7 nitrogen and oxygen atoms in total. The fraction of sp³-hybridized carbons (Fsp3) is 0.667. The summed E-state index contributed by atoms with van der Waals surface area (Å²) in [5.41, 5.74) is 1.53. The van der Waals surface area contributed by atoms with Crippen LogP contribution in [-0.2, 0) is 21.4 Å². The molecular weight excluding hydrogens is 360 g/mol. The molecule has 28 heavy (non-hydrogen) atoms. The van der Waals surface area contributed by atoms with E-state index < -0.39 is 17.6 Å². The van der Waals surface area contributed by atoms with Crippen LogP contribution in [0.2, 0.25) is 0 Å². The van der Waals surface area contributed by atoms with Gasteiger partial charge in [0.05, 0.1) is 11.0 Å². The number of nitrogens with zero attached hydrogens (tertiary/aromatic N) is 1. The Morgan fingerprint density at radius 3 is 2.93 bits per heavy atom. The monoisotopic (exact) mass is 388 g/mol. The van der Waals surface area contributed by atoms with Gasteiger partial charge in [-0.05, 0) is 57.8 Å². The van der Waals surface area contributed by atoms with Gasteiger partial charge in [0.1, 0.15) is 12.1 Å². The maximum absolute atomic E-state index is 11.5. The maximum Gasteiger partial charge on any atom is 0.320 e. The van der Waals surface area contributed by atoms with Crippen molar-refractivity contribution in [3.8, 4) is 11.5 Å². The molecule has 1 aromatic rings. The summed E-state index contributed by atoms with van der Waals surface area (Å²) in [4.78, 5) is 13.9. The highest BCUT2D eigenvalue weighted by Gasteiger charge is 2.73. The molecule has 1 saturated heterocycles. The lowest BCUT2D eigenvalue weighted by Gasteiger charge is -2.65. The Bertz CT molecular complexity index is 844. The Morgan fingerprint density at radius 1 is 1.43 bits per heavy atom. The number of phenols is 1. The van der Waals surface area contributed by atoms with Crippen LogP contribution in [0, 0.1) is 0 Å². The first kappa shape index (κ1) is 18.2. The molecule has 4 aliphatic rings. The van der Waals surface area contributed by atoms with Crippen molar-refractivity contribution < 1.29 is 24.5 Å². The van der Waals surface area contributed by atoms with Crippen molar-refractivity contribution >= 4 is 5.97 Å². The average Bonchev–Trinajstić information content (AvgIpc) is 3.03. The molecule has 152 valence electrons. The van der Waals surface area contributed by atoms with Crippen LogP contribution in [0.1, 0.15) is 37.3 Å². The number of hydrogen-bond acceptors (Lipinski definition) is 6. The van der Waals surface area contributed by atoms with E-state index in [-0.39, 0.29) is 29.4 Å². The molecule has 5 rings (SSSR count). The molecule has 3 N–H and O–H groups in total. The van der Waals surface area contributed by atoms with Gasteiger partial charge in [-0.1, -0.05) is 6.07 Å². The van der Waals surface area contributed by atoms with Gasteiger partial charge >= 0.3 is 5.97 Å². The molecular formula is C21H28N2O5. The SMILES string of the molecule is CO[C@@]12CC[C@@H](N[C@@H](C)C(=O)O)[C@@H]3Oc4c(O)ccc5c4[C@@]31CCN(C)C2C5. The highest BCUT2D eigenvalue weighted by Crippen LogP contribution is 2.66. The number of phenolic OH excluding ortho intramolecular Hbond substituents is 1. The number of ether oxygens (including phenoxy) is 2. The van der Waals surface area contributed by atoms with Crippen molar-refractivity contribution in [1.29, 1.82) is 0 Å². The third kappa shape index (κ3) is 1.97. The third-order valence-corrected chi connectivity index (χ3v) is 7.89. The molecule has 2 bridgehead atoms. The second-order valence-electron chi connectivity index (χ2n) is 8.87. The highest BCUT2D eigenvalue weighted by atomic mass is 16.5. The highest BCUT2D eigenvalue weighted by molar-refractivity contribution is 5.73. The second kappa shape index (κ2) is 5.84. The van der Waals surface area contributed by atoms with Gasteiger partial charge in [-0.25, -0.2) is 0 Å². The Morgan fingerprint density at radius 2 is 2.21 bits per heavy atom. The molecule has 7 heteroatoms. The first-order valence-electron chi connectivity index (χ1n) is 10.1. The fourth-order valence-corrected chi connectivity index (χ4v) is 6.70. The van der Waals surface area contributed by atoms with Crippen LogP contribution in [0.3, 0.4) is 0 Å². The standard InChI is InChI=1S/C21H28N2O5/c1-11(19(25)26)22-13-6-7-21(27-3)15-10-12-4-5-14(24)17-16(12)20(21,18(13)28-17)8-9-23(15)2/h4-5,11,13,15,18,22,24H,6-10H2,1-3H3,(H,25,26)/t11-,13+,15?,18-,20-,21+/m0/s1. The minimum Gasteiger partial charge on any atom is -0.504 e. The summed E-state index contributed by atoms with van der Waals surface area (Å²) in [5, 5.41) is 23.3. The van der Waals surface area contributed by atoms with Gasteiger partial charge in [0.25, 0.3) is 0 Å². The lowest BCUT2D eigenvalue weighted by molar-refractivity contribution is -0.204. The Balaban J connectivity index is 1.70. The molecule has 0 radical (unpaired) electrons. The Labute approximate surface area is 164 Å². The molecule has 1 aromatic carbocycles. The molecule has 0 amide bonds. The lowest BCUT2D eigenvalue weighted by atomic mass is 9.48. The van der Waals surface area contributed by atoms with Crippen LogP contribution >= 0.6 is 0 Å². The minimum atomic E-state index is -0.870. The summed E-state index contributed by atoms with van der Waals surface area (Å²) >= 11 is 0. The first-order valence-corrected chi connectivity index (χ1v) is 10.1. The topological polar surface area (TPSA) is 91.3 Å². The van der Waals surface area contributed by atoms with Gasteiger partial charge in [-0.2, -0.15) is 0 Å². The van der Waals surface area contributed by atoms with Crippen LogP contribution in [0.15, 0.2) is 12.1 Å². The number of nitrogens with one attached hydrogen (secondary N) is 1. The number of carboxylic acids is 1. The molecule has 0 aromatic heterocycles. The van der Waals surface area contributed by atoms with E-state index in [1.54, 1.807) is 20.1 Å². The van der Waals surface area contributed by atoms with Crippen LogP contribution in [0.4, 0.5) is 0 Å². The van der Waals surface area contributed by atoms with E-state index in [1.165, 1.54) is 5.56 Å². The van der Waals surface area contributed by atoms with Gasteiger partial charge in [-0.3, -0.25) is 10.1 Å². The van der Waals surface area contributed by atoms with Gasteiger partial charge in [0, 0.05) is 24.8 Å². The Hall–Kier alpha value is -1.83. The predicted molar refractivity (Wildman–Crippen MR) is 102 cm³/mol. The maximum atomic E-state index is 11.5. The van der Waals surface area contributed by atoms with Crippen molar-refractivity contribution in [3.63, 3.8) is 0 Å². The predicted octanol–water partition coefficient (Wildman–Crippen LogP) is 1.26. The molecule has 6 atom stereocenters. The number of methoxy groups -OCH3 is 1. The summed E-state index contributed by atoms with van der Waals surface area (Å²) in [5.74, 6) is -0.136. The van der Waals surface area contributed by atoms with Crippen LogP contribution in [0.5, 0.6) is 11.5 Å². The summed E-state index contributed by atoms with van der Waals surface area (Å²) in [6, 6.07) is 3.20. The number of aromatic hydroxyl groups is 1. The van der Waals surface area contributed by atoms with Gasteiger partial charge < -0.3 is 24.6 Å². The summed E-state index contributed by atoms with van der Waals surface area (Å²) in [6.45, 7) is 2.59. The number of likely N-dealkylation sites (tertiary alicyclic amines) is 1. The van der Waals surface area contributed by atoms with Crippen molar-refractivity contribution in [2.75, 3.05) is 20.7 Å². The van der Waals surface area contributed by atoms with Crippen LogP contribution in [-0.4, -0.2) is 71.6 Å². The number of benzene rings is 1. The average molecular weight is 388 g/mol. The normalized spacial score (nSPS) is 39.2. The molecule has 2 heterocycles. The van der Waals surface area contributed by atoms with E-state index in [0.29, 0.717) is 5.75 Å². The molecule has 1 saturated carbocycles. The van der Waals surface area contributed by atoms with Gasteiger partial charge in [0.2, 0.25) is 0 Å². The van der Waals surface area contributed by atoms with E-state index in [9.17, 15) is 15.0 Å². The number of piperidine rings is 1. The largest absolute Gasteiger partial charge is 0.504 e. The van der Waals surface area contributed by atoms with Crippen molar-refractivity contribution in [3.05, 3.63) is 23.3 Å². The van der Waals surface area contributed by atoms with Gasteiger partial charge in [0.15, 0.2) is 11.5 Å². The molecule has 2 aliphatic heterocycles. The molecule has 2 aliphatic carbocycles. The zero-order chi connectivity index (χ0) is 19.8. The van der Waals surface area contributed by atoms with E-state index in [4.69, 9.17) is 9.47 Å². The number of aliphatic carboxylic acids is 1. The van der Waals surface area contributed by atoms with Crippen molar-refractivity contribution in [2.24, 2.45) is 0 Å². The first-order chi connectivity index (χ1) is 13.4. The summed E-state index contributed by atoms with van der Waals surface area (Å²) in [7, 11) is 3.96. The number of hydrogen-bond donors (Lipinski definition) is 3. The molecule has 1 unspecified atom stereocenters. The quantitative estimate of drug-likeness (QED) is 0.715. The zero-order valence-electron chi connectivity index (χ0n) is 16.6. The second-order valence-corrected chi connectivity index (χ2v) is 8.87. The lowest BCUT2D eigenvalue weighted by Crippen LogP contribution is -2.78. The van der Waals surface area contributed by atoms with Crippen molar-refractivity contribution in [1.82, 2.24) is 10.2 Å². The Kier molecular flexibility index (Phi) is 3.80. The zero-order valence-corrected chi connectivity index (χ0v) is 16.6. The number of likely N-dealkylation sites (N-methyl/N-ethyl adjacent to an activating group) is 1. The number of rotatable bonds is 4. The summed E-state index contributed by atoms with van der Waals surface area (Å²) < 4.78 is 12.8. The van der Waals surface area contributed by atoms with Crippen LogP contribution < -0.4 is 10.1 Å². The third-order valence-electron chi connectivity index (χ3n) is 7.89. The number of carboxylic acid groups (broad SMARTS) is 1. The van der Waals surface area contributed by atoms with E-state index in [1.807, 2.05) is 6.07 Å². The molecule has 2 fully saturated rings. The smallest absolute Gasteiger partial charge is 0.320 e. The molecule has 1 spiro atoms. The van der Waals surface area contributed by atoms with E-state index in [2.05, 4.69) is 17.3 Å². The summed E-state index contributed by atoms with van der Waals surface area (Å²) in [6.07, 6.45) is 3.07. The van der Waals surface area contributed by atoms with Crippen molar-refractivity contribution in [2.45, 2.75) is 67.9 Å². The van der Waals surface area contributed by atoms with Crippen LogP contribution in [0.25, 0.3) is 0 Å². The number of carbonyl (C=O) groups is 1. The fourth-order valence-electron chi connectivity index (χ4n) is 6.70.